The van der Waals surface area contributed by atoms with Crippen molar-refractivity contribution in [3.63, 3.8) is 0 Å². The van der Waals surface area contributed by atoms with E-state index >= 15 is 0 Å². The molecule has 0 aliphatic heterocycles. The van der Waals surface area contributed by atoms with Crippen LogP contribution >= 0.6 is 15.9 Å². The average molecular weight is 284 g/mol. The normalized spacial score (nSPS) is 10.4. The first-order valence-electron chi connectivity index (χ1n) is 4.68. The maximum atomic E-state index is 13.0. The van der Waals surface area contributed by atoms with Crippen LogP contribution in [0.2, 0.25) is 0 Å². The molecule has 0 saturated heterocycles. The monoisotopic (exact) mass is 283 g/mol. The third-order valence-corrected chi connectivity index (χ3v) is 2.81. The average Bonchev–Trinajstić information content (AvgIpc) is 2.30. The van der Waals surface area contributed by atoms with Gasteiger partial charge in [0.25, 0.3) is 0 Å². The lowest BCUT2D eigenvalue weighted by molar-refractivity contribution is 0.584. The summed E-state index contributed by atoms with van der Waals surface area (Å²) in [4.78, 5) is 3.82. The summed E-state index contributed by atoms with van der Waals surface area (Å²) >= 11 is 3.31. The third kappa shape index (κ3) is 2.27. The maximum absolute atomic E-state index is 13.0. The zero-order chi connectivity index (χ0) is 11.5. The summed E-state index contributed by atoms with van der Waals surface area (Å²) < 4.78 is 25.8. The highest BCUT2D eigenvalue weighted by Gasteiger charge is 2.07. The van der Waals surface area contributed by atoms with Crippen molar-refractivity contribution < 1.29 is 8.78 Å². The first-order chi connectivity index (χ1) is 7.70. The van der Waals surface area contributed by atoms with Gasteiger partial charge in [-0.3, -0.25) is 0 Å². The van der Waals surface area contributed by atoms with Crippen LogP contribution in [0.25, 0.3) is 11.3 Å². The van der Waals surface area contributed by atoms with E-state index < -0.39 is 5.95 Å². The lowest BCUT2D eigenvalue weighted by Gasteiger charge is -2.06. The number of hydrogen-bond donors (Lipinski definition) is 0. The van der Waals surface area contributed by atoms with Crippen LogP contribution in [0.1, 0.15) is 5.56 Å². The highest BCUT2D eigenvalue weighted by Crippen LogP contribution is 2.23. The van der Waals surface area contributed by atoms with E-state index in [4.69, 9.17) is 0 Å². The molecule has 0 N–H and O–H groups in total. The zero-order valence-electron chi connectivity index (χ0n) is 8.25. The van der Waals surface area contributed by atoms with Gasteiger partial charge < -0.3 is 0 Å². The number of rotatable bonds is 2. The SMILES string of the molecule is Fc1ccc(-c2nc(F)ccc2CBr)cc1. The van der Waals surface area contributed by atoms with Crippen LogP contribution in [-0.4, -0.2) is 4.98 Å². The van der Waals surface area contributed by atoms with Gasteiger partial charge in [-0.1, -0.05) is 22.0 Å². The third-order valence-electron chi connectivity index (χ3n) is 2.21. The zero-order valence-corrected chi connectivity index (χ0v) is 9.84. The molecule has 0 amide bonds. The molecule has 16 heavy (non-hydrogen) atoms. The van der Waals surface area contributed by atoms with Gasteiger partial charge in [0.05, 0.1) is 5.69 Å². The fourth-order valence-corrected chi connectivity index (χ4v) is 1.88. The topological polar surface area (TPSA) is 12.9 Å². The Bertz CT molecular complexity index is 497. The Morgan fingerprint density at radius 1 is 1.00 bits per heavy atom. The molecular formula is C12H8BrF2N. The van der Waals surface area contributed by atoms with Gasteiger partial charge >= 0.3 is 0 Å². The fourth-order valence-electron chi connectivity index (χ4n) is 1.43. The second kappa shape index (κ2) is 4.70. The van der Waals surface area contributed by atoms with Gasteiger partial charge in [-0.25, -0.2) is 9.37 Å². The smallest absolute Gasteiger partial charge is 0.213 e. The van der Waals surface area contributed by atoms with Crippen LogP contribution in [0.4, 0.5) is 8.78 Å². The minimum absolute atomic E-state index is 0.319. The van der Waals surface area contributed by atoms with Crippen LogP contribution in [0.15, 0.2) is 36.4 Å². The van der Waals surface area contributed by atoms with E-state index in [1.165, 1.54) is 18.2 Å². The van der Waals surface area contributed by atoms with Crippen LogP contribution in [-0.2, 0) is 5.33 Å². The fraction of sp³-hybridized carbons (Fsp3) is 0.0833. The number of aromatic nitrogens is 1. The van der Waals surface area contributed by atoms with Gasteiger partial charge in [-0.05, 0) is 35.9 Å². The Balaban J connectivity index is 2.53. The lowest BCUT2D eigenvalue weighted by Crippen LogP contribution is -1.93. The first kappa shape index (κ1) is 11.2. The minimum atomic E-state index is -0.538. The van der Waals surface area contributed by atoms with Gasteiger partial charge in [-0.15, -0.1) is 0 Å². The number of nitrogens with zero attached hydrogens (tertiary/aromatic N) is 1. The Morgan fingerprint density at radius 2 is 1.69 bits per heavy atom. The summed E-state index contributed by atoms with van der Waals surface area (Å²) in [6, 6.07) is 8.81. The molecule has 0 spiro atoms. The number of pyridine rings is 1. The molecule has 0 aliphatic carbocycles. The molecule has 1 heterocycles. The van der Waals surface area contributed by atoms with Crippen LogP contribution in [0.3, 0.4) is 0 Å². The largest absolute Gasteiger partial charge is 0.219 e. The second-order valence-corrected chi connectivity index (χ2v) is 3.84. The summed E-state index contributed by atoms with van der Waals surface area (Å²) in [5.74, 6) is -0.857. The van der Waals surface area contributed by atoms with Gasteiger partial charge in [-0.2, -0.15) is 4.39 Å². The highest BCUT2D eigenvalue weighted by atomic mass is 79.9. The molecule has 0 fully saturated rings. The van der Waals surface area contributed by atoms with Crippen LogP contribution in [0.5, 0.6) is 0 Å². The molecule has 82 valence electrons. The van der Waals surface area contributed by atoms with E-state index in [2.05, 4.69) is 20.9 Å². The predicted octanol–water partition coefficient (Wildman–Crippen LogP) is 3.92. The Hall–Kier alpha value is -1.29. The number of hydrogen-bond acceptors (Lipinski definition) is 1. The second-order valence-electron chi connectivity index (χ2n) is 3.28. The summed E-state index contributed by atoms with van der Waals surface area (Å²) in [6.07, 6.45) is 0. The number of alkyl halides is 1. The standard InChI is InChI=1S/C12H8BrF2N/c13-7-9-3-6-11(15)16-12(9)8-1-4-10(14)5-2-8/h1-6H,7H2. The van der Waals surface area contributed by atoms with Gasteiger partial charge in [0.2, 0.25) is 5.95 Å². The van der Waals surface area contributed by atoms with Gasteiger partial charge in [0, 0.05) is 10.9 Å². The van der Waals surface area contributed by atoms with Crippen LogP contribution in [0, 0.1) is 11.8 Å². The number of benzene rings is 1. The first-order valence-corrected chi connectivity index (χ1v) is 5.80. The van der Waals surface area contributed by atoms with Crippen molar-refractivity contribution in [2.75, 3.05) is 0 Å². The molecule has 1 aromatic carbocycles. The van der Waals surface area contributed by atoms with E-state index in [1.54, 1.807) is 18.2 Å². The van der Waals surface area contributed by atoms with Gasteiger partial charge in [0.1, 0.15) is 5.82 Å². The molecule has 1 aromatic heterocycles. The molecule has 0 atom stereocenters. The van der Waals surface area contributed by atoms with E-state index in [0.29, 0.717) is 16.6 Å². The molecule has 0 bridgehead atoms. The summed E-state index contributed by atoms with van der Waals surface area (Å²) in [7, 11) is 0. The molecule has 0 saturated carbocycles. The van der Waals surface area contributed by atoms with Gasteiger partial charge in [0.15, 0.2) is 0 Å². The van der Waals surface area contributed by atoms with Crippen molar-refractivity contribution in [1.82, 2.24) is 4.98 Å². The van der Waals surface area contributed by atoms with Crippen molar-refractivity contribution >= 4 is 15.9 Å². The molecule has 2 rings (SSSR count). The Labute approximate surface area is 100 Å². The molecule has 2 aromatic rings. The van der Waals surface area contributed by atoms with E-state index in [9.17, 15) is 8.78 Å². The molecular weight excluding hydrogens is 276 g/mol. The summed E-state index contributed by atoms with van der Waals surface area (Å²) in [5, 5.41) is 0.576. The van der Waals surface area contributed by atoms with Crippen molar-refractivity contribution in [2.45, 2.75) is 5.33 Å². The van der Waals surface area contributed by atoms with Crippen molar-refractivity contribution in [3.05, 3.63) is 53.7 Å². The Kier molecular flexibility index (Phi) is 3.29. The van der Waals surface area contributed by atoms with E-state index in [-0.39, 0.29) is 5.82 Å². The van der Waals surface area contributed by atoms with Crippen molar-refractivity contribution in [3.8, 4) is 11.3 Å². The van der Waals surface area contributed by atoms with E-state index in [1.807, 2.05) is 0 Å². The van der Waals surface area contributed by atoms with E-state index in [0.717, 1.165) is 5.56 Å². The maximum Gasteiger partial charge on any atom is 0.213 e. The predicted molar refractivity (Wildman–Crippen MR) is 62.2 cm³/mol. The Morgan fingerprint density at radius 3 is 2.31 bits per heavy atom. The molecule has 1 nitrogen and oxygen atoms in total. The summed E-state index contributed by atoms with van der Waals surface area (Å²) in [5.41, 5.74) is 2.11. The molecule has 0 unspecified atom stereocenters. The highest BCUT2D eigenvalue weighted by molar-refractivity contribution is 9.08. The molecule has 0 radical (unpaired) electrons. The molecule has 4 heteroatoms. The minimum Gasteiger partial charge on any atom is -0.219 e. The summed E-state index contributed by atoms with van der Waals surface area (Å²) in [6.45, 7) is 0. The lowest BCUT2D eigenvalue weighted by atomic mass is 10.1. The van der Waals surface area contributed by atoms with Crippen LogP contribution < -0.4 is 0 Å². The quantitative estimate of drug-likeness (QED) is 0.601. The van der Waals surface area contributed by atoms with Crippen molar-refractivity contribution in [2.24, 2.45) is 0 Å². The molecule has 0 aliphatic rings. The number of halogens is 3. The van der Waals surface area contributed by atoms with Crippen molar-refractivity contribution in [1.29, 1.82) is 0 Å².